The predicted octanol–water partition coefficient (Wildman–Crippen LogP) is 2.54. The van der Waals surface area contributed by atoms with Gasteiger partial charge in [-0.2, -0.15) is 34.8 Å². The summed E-state index contributed by atoms with van der Waals surface area (Å²) in [5.41, 5.74) is -6.18. The summed E-state index contributed by atoms with van der Waals surface area (Å²) in [6, 6.07) is 3.58. The molecule has 2 N–H and O–H groups in total. The van der Waals surface area contributed by atoms with E-state index in [1.54, 1.807) is 0 Å². The van der Waals surface area contributed by atoms with Crippen LogP contribution in [0, 0.1) is 0 Å². The third-order valence-electron chi connectivity index (χ3n) is 3.14. The van der Waals surface area contributed by atoms with Gasteiger partial charge in [0.1, 0.15) is 11.5 Å². The Morgan fingerprint density at radius 3 is 2.14 bits per heavy atom. The molecule has 0 unspecified atom stereocenters. The molecule has 1 atom stereocenters. The average Bonchev–Trinajstić information content (AvgIpc) is 2.50. The number of alkyl halides is 6. The number of rotatable bonds is 7. The number of esters is 1. The smallest absolute Gasteiger partial charge is 0.423 e. The number of ether oxygens (including phenoxy) is 2. The maximum Gasteiger partial charge on any atom is 0.427 e. The standard InChI is InChI=1S/C14H12F6O7S/c1-2-10(21)26-9-5-3-4-8(6-9)11(22)27-12(13(15,16)17,14(18,19)20)7-28(23,24)25/h2-6,11,22H,1,7H2,(H,23,24,25)/t11-/m0/s1. The van der Waals surface area contributed by atoms with Crippen molar-refractivity contribution in [2.45, 2.75) is 24.2 Å². The highest BCUT2D eigenvalue weighted by molar-refractivity contribution is 7.85. The molecule has 0 bridgehead atoms. The summed E-state index contributed by atoms with van der Waals surface area (Å²) < 4.78 is 117. The van der Waals surface area contributed by atoms with Gasteiger partial charge in [0.15, 0.2) is 6.29 Å². The van der Waals surface area contributed by atoms with Gasteiger partial charge in [-0.25, -0.2) is 4.79 Å². The van der Waals surface area contributed by atoms with Crippen LogP contribution in [0.2, 0.25) is 0 Å². The summed E-state index contributed by atoms with van der Waals surface area (Å²) in [6.45, 7) is 3.07. The molecule has 0 aliphatic carbocycles. The van der Waals surface area contributed by atoms with E-state index in [2.05, 4.69) is 16.1 Å². The van der Waals surface area contributed by atoms with Crippen molar-refractivity contribution >= 4 is 16.1 Å². The number of carbonyl (C=O) groups excluding carboxylic acids is 1. The van der Waals surface area contributed by atoms with Crippen LogP contribution in [0.1, 0.15) is 11.9 Å². The number of benzene rings is 1. The van der Waals surface area contributed by atoms with Gasteiger partial charge in [-0.3, -0.25) is 4.55 Å². The maximum absolute atomic E-state index is 13.2. The zero-order chi connectivity index (χ0) is 22.0. The lowest BCUT2D eigenvalue weighted by Gasteiger charge is -2.37. The van der Waals surface area contributed by atoms with E-state index in [-0.39, 0.29) is 5.75 Å². The minimum Gasteiger partial charge on any atom is -0.423 e. The SMILES string of the molecule is C=CC(=O)Oc1cccc([C@@H](O)OC(CS(=O)(=O)O)(C(F)(F)F)C(F)(F)F)c1. The number of hydrogen-bond acceptors (Lipinski definition) is 6. The molecule has 0 aliphatic rings. The van der Waals surface area contributed by atoms with Crippen molar-refractivity contribution in [2.75, 3.05) is 5.75 Å². The molecule has 0 fully saturated rings. The van der Waals surface area contributed by atoms with Crippen LogP contribution in [-0.2, 0) is 19.6 Å². The fraction of sp³-hybridized carbons (Fsp3) is 0.357. The third-order valence-corrected chi connectivity index (χ3v) is 3.91. The molecule has 0 saturated heterocycles. The molecule has 14 heteroatoms. The van der Waals surface area contributed by atoms with E-state index in [0.29, 0.717) is 12.1 Å². The second-order valence-corrected chi connectivity index (χ2v) is 6.67. The molecule has 1 aromatic carbocycles. The van der Waals surface area contributed by atoms with Crippen LogP contribution in [0.3, 0.4) is 0 Å². The molecule has 0 aromatic heterocycles. The van der Waals surface area contributed by atoms with Gasteiger partial charge in [0.2, 0.25) is 0 Å². The van der Waals surface area contributed by atoms with E-state index in [9.17, 15) is 44.7 Å². The first-order valence-corrected chi connectivity index (χ1v) is 8.52. The van der Waals surface area contributed by atoms with Crippen molar-refractivity contribution in [3.05, 3.63) is 42.5 Å². The van der Waals surface area contributed by atoms with Gasteiger partial charge in [-0.15, -0.1) is 0 Å². The van der Waals surface area contributed by atoms with Gasteiger partial charge in [-0.1, -0.05) is 18.7 Å². The number of halogens is 6. The Kier molecular flexibility index (Phi) is 6.88. The maximum atomic E-state index is 13.2. The lowest BCUT2D eigenvalue weighted by molar-refractivity contribution is -0.399. The average molecular weight is 438 g/mol. The summed E-state index contributed by atoms with van der Waals surface area (Å²) >= 11 is 0. The largest absolute Gasteiger partial charge is 0.427 e. The molecular formula is C14H12F6O7S. The number of carbonyl (C=O) groups is 1. The van der Waals surface area contributed by atoms with Crippen LogP contribution >= 0.6 is 0 Å². The molecule has 28 heavy (non-hydrogen) atoms. The van der Waals surface area contributed by atoms with E-state index in [0.717, 1.165) is 18.2 Å². The van der Waals surface area contributed by atoms with Gasteiger partial charge < -0.3 is 14.6 Å². The zero-order valence-electron chi connectivity index (χ0n) is 13.5. The highest BCUT2D eigenvalue weighted by Crippen LogP contribution is 2.48. The van der Waals surface area contributed by atoms with Gasteiger partial charge in [-0.05, 0) is 12.1 Å². The van der Waals surface area contributed by atoms with Crippen molar-refractivity contribution in [1.29, 1.82) is 0 Å². The Bertz CT molecular complexity index is 817. The summed E-state index contributed by atoms with van der Waals surface area (Å²) in [5.74, 6) is -4.35. The second-order valence-electron chi connectivity index (χ2n) is 5.22. The molecular weight excluding hydrogens is 426 g/mol. The van der Waals surface area contributed by atoms with Crippen LogP contribution in [0.15, 0.2) is 36.9 Å². The van der Waals surface area contributed by atoms with Crippen LogP contribution < -0.4 is 4.74 Å². The van der Waals surface area contributed by atoms with Crippen molar-refractivity contribution in [3.8, 4) is 5.75 Å². The Morgan fingerprint density at radius 2 is 1.71 bits per heavy atom. The molecule has 0 radical (unpaired) electrons. The minimum absolute atomic E-state index is 0.385. The topological polar surface area (TPSA) is 110 Å². The Balaban J connectivity index is 3.38. The first-order chi connectivity index (χ1) is 12.5. The van der Waals surface area contributed by atoms with E-state index in [4.69, 9.17) is 4.55 Å². The lowest BCUT2D eigenvalue weighted by atomic mass is 10.0. The van der Waals surface area contributed by atoms with Crippen molar-refractivity contribution < 1.29 is 58.7 Å². The molecule has 0 spiro atoms. The second kappa shape index (κ2) is 8.06. The van der Waals surface area contributed by atoms with Gasteiger partial charge in [0.25, 0.3) is 15.7 Å². The summed E-state index contributed by atoms with van der Waals surface area (Å²) in [5, 5.41) is 9.74. The summed E-state index contributed by atoms with van der Waals surface area (Å²) in [6.07, 6.45) is -15.0. The fourth-order valence-electron chi connectivity index (χ4n) is 1.90. The Labute approximate surface area is 153 Å². The molecule has 0 heterocycles. The van der Waals surface area contributed by atoms with Crippen molar-refractivity contribution in [1.82, 2.24) is 0 Å². The van der Waals surface area contributed by atoms with Crippen LogP contribution in [0.5, 0.6) is 5.75 Å². The number of hydrogen-bond donors (Lipinski definition) is 2. The predicted molar refractivity (Wildman–Crippen MR) is 79.6 cm³/mol. The van der Waals surface area contributed by atoms with Crippen LogP contribution in [-0.4, -0.2) is 47.8 Å². The molecule has 1 aromatic rings. The van der Waals surface area contributed by atoms with E-state index in [1.165, 1.54) is 0 Å². The molecule has 7 nitrogen and oxygen atoms in total. The van der Waals surface area contributed by atoms with Gasteiger partial charge in [0.05, 0.1) is 0 Å². The molecule has 0 aliphatic heterocycles. The molecule has 1 rings (SSSR count). The van der Waals surface area contributed by atoms with Crippen molar-refractivity contribution in [2.24, 2.45) is 0 Å². The fourth-order valence-corrected chi connectivity index (χ4v) is 2.81. The van der Waals surface area contributed by atoms with E-state index < -0.39 is 51.6 Å². The summed E-state index contributed by atoms with van der Waals surface area (Å²) in [4.78, 5) is 11.1. The highest BCUT2D eigenvalue weighted by atomic mass is 32.2. The number of aliphatic hydroxyl groups excluding tert-OH is 1. The highest BCUT2D eigenvalue weighted by Gasteiger charge is 2.74. The van der Waals surface area contributed by atoms with Crippen molar-refractivity contribution in [3.63, 3.8) is 0 Å². The van der Waals surface area contributed by atoms with Gasteiger partial charge >= 0.3 is 18.3 Å². The Hall–Kier alpha value is -2.16. The Morgan fingerprint density at radius 1 is 1.18 bits per heavy atom. The third kappa shape index (κ3) is 5.67. The first-order valence-electron chi connectivity index (χ1n) is 6.91. The van der Waals surface area contributed by atoms with Crippen LogP contribution in [0.25, 0.3) is 0 Å². The van der Waals surface area contributed by atoms with E-state index in [1.807, 2.05) is 0 Å². The zero-order valence-corrected chi connectivity index (χ0v) is 14.3. The lowest BCUT2D eigenvalue weighted by Crippen LogP contribution is -2.63. The van der Waals surface area contributed by atoms with Crippen LogP contribution in [0.4, 0.5) is 26.3 Å². The molecule has 158 valence electrons. The number of aliphatic hydroxyl groups is 1. The normalized spacial score (nSPS) is 14.4. The monoisotopic (exact) mass is 438 g/mol. The van der Waals surface area contributed by atoms with E-state index >= 15 is 0 Å². The molecule has 0 amide bonds. The quantitative estimate of drug-likeness (QED) is 0.168. The molecule has 0 saturated carbocycles. The summed E-state index contributed by atoms with van der Waals surface area (Å²) in [7, 11) is -5.86. The minimum atomic E-state index is -6.39. The first kappa shape index (κ1) is 23.9. The van der Waals surface area contributed by atoms with Gasteiger partial charge in [0, 0.05) is 11.6 Å².